The van der Waals surface area contributed by atoms with E-state index in [0.29, 0.717) is 18.7 Å². The zero-order valence-electron chi connectivity index (χ0n) is 13.6. The van der Waals surface area contributed by atoms with Gasteiger partial charge in [0.1, 0.15) is 6.54 Å². The smallest absolute Gasteiger partial charge is 0.325 e. The molecule has 4 nitrogen and oxygen atoms in total. The fourth-order valence-corrected chi connectivity index (χ4v) is 2.93. The van der Waals surface area contributed by atoms with E-state index in [9.17, 15) is 9.59 Å². The Hall–Kier alpha value is -1.84. The summed E-state index contributed by atoms with van der Waals surface area (Å²) in [6.45, 7) is 4.70. The summed E-state index contributed by atoms with van der Waals surface area (Å²) in [5.74, 6) is -0.425. The molecule has 0 N–H and O–H groups in total. The maximum Gasteiger partial charge on any atom is 0.325 e. The van der Waals surface area contributed by atoms with Crippen LogP contribution in [0.25, 0.3) is 0 Å². The molecule has 1 aliphatic rings. The number of carbonyl (C=O) groups excluding carboxylic acids is 2. The van der Waals surface area contributed by atoms with Crippen molar-refractivity contribution in [3.8, 4) is 0 Å². The number of aryl methyl sites for hydroxylation is 2. The van der Waals surface area contributed by atoms with Crippen molar-refractivity contribution in [1.82, 2.24) is 4.90 Å². The molecule has 0 atom stereocenters. The van der Waals surface area contributed by atoms with Crippen LogP contribution in [0, 0.1) is 0 Å². The van der Waals surface area contributed by atoms with Crippen molar-refractivity contribution >= 4 is 11.9 Å². The van der Waals surface area contributed by atoms with Gasteiger partial charge >= 0.3 is 5.97 Å². The second kappa shape index (κ2) is 7.97. The van der Waals surface area contributed by atoms with Gasteiger partial charge in [-0.1, -0.05) is 13.0 Å². The number of hydrogen-bond acceptors (Lipinski definition) is 3. The molecule has 2 rings (SSSR count). The highest BCUT2D eigenvalue weighted by atomic mass is 16.5. The highest BCUT2D eigenvalue weighted by molar-refractivity contribution is 5.96. The Kier molecular flexibility index (Phi) is 5.99. The molecule has 1 amide bonds. The molecule has 0 radical (unpaired) electrons. The van der Waals surface area contributed by atoms with Crippen LogP contribution < -0.4 is 0 Å². The number of fused-ring (bicyclic) bond motifs is 1. The summed E-state index contributed by atoms with van der Waals surface area (Å²) in [7, 11) is 0. The first kappa shape index (κ1) is 16.5. The number of hydrogen-bond donors (Lipinski definition) is 0. The third kappa shape index (κ3) is 4.09. The van der Waals surface area contributed by atoms with E-state index in [1.54, 1.807) is 11.8 Å². The first-order valence-electron chi connectivity index (χ1n) is 8.22. The molecule has 0 bridgehead atoms. The summed E-state index contributed by atoms with van der Waals surface area (Å²) >= 11 is 0. The van der Waals surface area contributed by atoms with Crippen LogP contribution in [0.15, 0.2) is 18.2 Å². The Morgan fingerprint density at radius 2 is 1.86 bits per heavy atom. The molecular formula is C18H25NO3. The van der Waals surface area contributed by atoms with Gasteiger partial charge in [0.2, 0.25) is 0 Å². The number of nitrogens with zero attached hydrogens (tertiary/aromatic N) is 1. The van der Waals surface area contributed by atoms with Gasteiger partial charge in [0.05, 0.1) is 6.61 Å². The summed E-state index contributed by atoms with van der Waals surface area (Å²) in [5.41, 5.74) is 3.32. The topological polar surface area (TPSA) is 46.6 Å². The van der Waals surface area contributed by atoms with Crippen LogP contribution in [-0.2, 0) is 22.4 Å². The molecule has 0 saturated heterocycles. The summed E-state index contributed by atoms with van der Waals surface area (Å²) in [6.07, 6.45) is 5.38. The number of rotatable bonds is 6. The van der Waals surface area contributed by atoms with Crippen LogP contribution >= 0.6 is 0 Å². The predicted molar refractivity (Wildman–Crippen MR) is 85.9 cm³/mol. The molecular weight excluding hydrogens is 278 g/mol. The van der Waals surface area contributed by atoms with Gasteiger partial charge in [0, 0.05) is 12.1 Å². The maximum absolute atomic E-state index is 12.7. The van der Waals surface area contributed by atoms with E-state index in [1.807, 2.05) is 19.1 Å². The van der Waals surface area contributed by atoms with Crippen molar-refractivity contribution in [2.75, 3.05) is 19.7 Å². The first-order valence-corrected chi connectivity index (χ1v) is 8.22. The molecule has 0 saturated carbocycles. The Morgan fingerprint density at radius 3 is 2.55 bits per heavy atom. The number of benzene rings is 1. The summed E-state index contributed by atoms with van der Waals surface area (Å²) < 4.78 is 4.96. The minimum Gasteiger partial charge on any atom is -0.465 e. The highest BCUT2D eigenvalue weighted by Crippen LogP contribution is 2.22. The summed E-state index contributed by atoms with van der Waals surface area (Å²) in [4.78, 5) is 25.9. The lowest BCUT2D eigenvalue weighted by atomic mass is 9.90. The molecule has 22 heavy (non-hydrogen) atoms. The fraction of sp³-hybridized carbons (Fsp3) is 0.556. The zero-order valence-corrected chi connectivity index (χ0v) is 13.6. The molecule has 0 aromatic heterocycles. The van der Waals surface area contributed by atoms with E-state index in [0.717, 1.165) is 19.3 Å². The Labute approximate surface area is 132 Å². The van der Waals surface area contributed by atoms with Crippen LogP contribution in [-0.4, -0.2) is 36.5 Å². The van der Waals surface area contributed by atoms with Crippen LogP contribution in [0.5, 0.6) is 0 Å². The average molecular weight is 303 g/mol. The average Bonchev–Trinajstić information content (AvgIpc) is 2.53. The normalized spacial score (nSPS) is 13.4. The Balaban J connectivity index is 2.13. The summed E-state index contributed by atoms with van der Waals surface area (Å²) in [5, 5.41) is 0. The molecule has 0 spiro atoms. The Bertz CT molecular complexity index is 539. The van der Waals surface area contributed by atoms with Gasteiger partial charge in [-0.15, -0.1) is 0 Å². The number of amides is 1. The number of esters is 1. The van der Waals surface area contributed by atoms with E-state index in [-0.39, 0.29) is 18.4 Å². The Morgan fingerprint density at radius 1 is 1.14 bits per heavy atom. The molecule has 1 aromatic carbocycles. The quantitative estimate of drug-likeness (QED) is 0.759. The molecule has 120 valence electrons. The minimum absolute atomic E-state index is 0.0254. The van der Waals surface area contributed by atoms with Crippen LogP contribution in [0.3, 0.4) is 0 Å². The zero-order chi connectivity index (χ0) is 15.9. The van der Waals surface area contributed by atoms with Gasteiger partial charge in [-0.2, -0.15) is 0 Å². The first-order chi connectivity index (χ1) is 10.7. The fourth-order valence-electron chi connectivity index (χ4n) is 2.93. The van der Waals surface area contributed by atoms with Crippen LogP contribution in [0.2, 0.25) is 0 Å². The van der Waals surface area contributed by atoms with Gasteiger partial charge in [-0.05, 0) is 62.3 Å². The van der Waals surface area contributed by atoms with E-state index >= 15 is 0 Å². The van der Waals surface area contributed by atoms with Crippen molar-refractivity contribution in [2.24, 2.45) is 0 Å². The molecule has 0 heterocycles. The molecule has 0 aliphatic heterocycles. The second-order valence-corrected chi connectivity index (χ2v) is 5.72. The van der Waals surface area contributed by atoms with Crippen molar-refractivity contribution in [3.63, 3.8) is 0 Å². The van der Waals surface area contributed by atoms with E-state index in [1.165, 1.54) is 24.0 Å². The van der Waals surface area contributed by atoms with Crippen LogP contribution in [0.1, 0.15) is 54.6 Å². The number of ether oxygens (including phenoxy) is 1. The summed E-state index contributed by atoms with van der Waals surface area (Å²) in [6, 6.07) is 5.96. The van der Waals surface area contributed by atoms with Crippen molar-refractivity contribution in [2.45, 2.75) is 46.0 Å². The standard InChI is InChI=1S/C18H25NO3/c1-3-11-19(13-17(20)22-4-2)18(21)16-10-9-14-7-5-6-8-15(14)12-16/h9-10,12H,3-8,11,13H2,1-2H3. The van der Waals surface area contributed by atoms with E-state index in [2.05, 4.69) is 6.07 Å². The largest absolute Gasteiger partial charge is 0.465 e. The second-order valence-electron chi connectivity index (χ2n) is 5.72. The highest BCUT2D eigenvalue weighted by Gasteiger charge is 2.20. The minimum atomic E-state index is -0.345. The van der Waals surface area contributed by atoms with Gasteiger partial charge in [0.25, 0.3) is 5.91 Å². The lowest BCUT2D eigenvalue weighted by Crippen LogP contribution is -2.37. The van der Waals surface area contributed by atoms with E-state index in [4.69, 9.17) is 4.74 Å². The monoisotopic (exact) mass is 303 g/mol. The molecule has 4 heteroatoms. The van der Waals surface area contributed by atoms with Crippen molar-refractivity contribution in [1.29, 1.82) is 0 Å². The lowest BCUT2D eigenvalue weighted by Gasteiger charge is -2.22. The van der Waals surface area contributed by atoms with Crippen LogP contribution in [0.4, 0.5) is 0 Å². The van der Waals surface area contributed by atoms with Gasteiger partial charge in [-0.25, -0.2) is 0 Å². The molecule has 0 fully saturated rings. The van der Waals surface area contributed by atoms with E-state index < -0.39 is 0 Å². The molecule has 1 aliphatic carbocycles. The predicted octanol–water partition coefficient (Wildman–Crippen LogP) is 2.98. The van der Waals surface area contributed by atoms with Crippen molar-refractivity contribution < 1.29 is 14.3 Å². The van der Waals surface area contributed by atoms with Gasteiger partial charge in [0.15, 0.2) is 0 Å². The van der Waals surface area contributed by atoms with Gasteiger partial charge < -0.3 is 9.64 Å². The lowest BCUT2D eigenvalue weighted by molar-refractivity contribution is -0.143. The third-order valence-electron chi connectivity index (χ3n) is 4.00. The molecule has 1 aromatic rings. The third-order valence-corrected chi connectivity index (χ3v) is 4.00. The SMILES string of the molecule is CCCN(CC(=O)OCC)C(=O)c1ccc2c(c1)CCCC2. The van der Waals surface area contributed by atoms with Gasteiger partial charge in [-0.3, -0.25) is 9.59 Å². The maximum atomic E-state index is 12.7. The number of carbonyl (C=O) groups is 2. The molecule has 0 unspecified atom stereocenters. The van der Waals surface area contributed by atoms with Crippen molar-refractivity contribution in [3.05, 3.63) is 34.9 Å².